The molecule has 0 radical (unpaired) electrons. The summed E-state index contributed by atoms with van der Waals surface area (Å²) in [7, 11) is 0. The quantitative estimate of drug-likeness (QED) is 0.580. The predicted octanol–water partition coefficient (Wildman–Crippen LogP) is 3.10. The van der Waals surface area contributed by atoms with Gasteiger partial charge in [0.15, 0.2) is 0 Å². The van der Waals surface area contributed by atoms with Gasteiger partial charge in [0.1, 0.15) is 24.5 Å². The van der Waals surface area contributed by atoms with Gasteiger partial charge in [-0.3, -0.25) is 0 Å². The van der Waals surface area contributed by atoms with E-state index < -0.39 is 11.9 Å². The molecule has 0 unspecified atom stereocenters. The first kappa shape index (κ1) is 16.5. The van der Waals surface area contributed by atoms with Crippen LogP contribution in [0.25, 0.3) is 0 Å². The van der Waals surface area contributed by atoms with Crippen LogP contribution in [0.3, 0.4) is 0 Å². The SMILES string of the molecule is CCOc1ccccc1C(=O)OCCOC(=O)c1ccccc1. The monoisotopic (exact) mass is 314 g/mol. The zero-order valence-electron chi connectivity index (χ0n) is 12.9. The highest BCUT2D eigenvalue weighted by Gasteiger charge is 2.13. The highest BCUT2D eigenvalue weighted by molar-refractivity contribution is 5.92. The van der Waals surface area contributed by atoms with Gasteiger partial charge in [0, 0.05) is 0 Å². The average molecular weight is 314 g/mol. The van der Waals surface area contributed by atoms with Crippen LogP contribution in [0.2, 0.25) is 0 Å². The summed E-state index contributed by atoms with van der Waals surface area (Å²) in [6, 6.07) is 15.5. The molecule has 0 aliphatic carbocycles. The summed E-state index contributed by atoms with van der Waals surface area (Å²) in [4.78, 5) is 23.7. The van der Waals surface area contributed by atoms with Gasteiger partial charge in [-0.2, -0.15) is 0 Å². The maximum absolute atomic E-state index is 12.0. The summed E-state index contributed by atoms with van der Waals surface area (Å²) in [6.45, 7) is 2.28. The Hall–Kier alpha value is -2.82. The molecule has 0 N–H and O–H groups in total. The molecular weight excluding hydrogens is 296 g/mol. The first-order chi connectivity index (χ1) is 11.2. The first-order valence-corrected chi connectivity index (χ1v) is 7.33. The lowest BCUT2D eigenvalue weighted by atomic mass is 10.2. The maximum Gasteiger partial charge on any atom is 0.342 e. The standard InChI is InChI=1S/C18H18O5/c1-2-21-16-11-7-6-10-15(16)18(20)23-13-12-22-17(19)14-8-4-3-5-9-14/h3-11H,2,12-13H2,1H3. The molecule has 0 bridgehead atoms. The van der Waals surface area contributed by atoms with Crippen molar-refractivity contribution < 1.29 is 23.8 Å². The number of carbonyl (C=O) groups excluding carboxylic acids is 2. The zero-order chi connectivity index (χ0) is 16.5. The minimum Gasteiger partial charge on any atom is -0.493 e. The van der Waals surface area contributed by atoms with Crippen molar-refractivity contribution >= 4 is 11.9 Å². The largest absolute Gasteiger partial charge is 0.493 e. The van der Waals surface area contributed by atoms with E-state index in [-0.39, 0.29) is 13.2 Å². The van der Waals surface area contributed by atoms with Gasteiger partial charge in [0.05, 0.1) is 12.2 Å². The van der Waals surface area contributed by atoms with Gasteiger partial charge in [0.25, 0.3) is 0 Å². The van der Waals surface area contributed by atoms with Crippen LogP contribution in [0.1, 0.15) is 27.6 Å². The molecule has 0 atom stereocenters. The van der Waals surface area contributed by atoms with E-state index in [1.165, 1.54) is 0 Å². The molecule has 23 heavy (non-hydrogen) atoms. The smallest absolute Gasteiger partial charge is 0.342 e. The van der Waals surface area contributed by atoms with Crippen LogP contribution in [0.4, 0.5) is 0 Å². The number of hydrogen-bond acceptors (Lipinski definition) is 5. The van der Waals surface area contributed by atoms with Crippen LogP contribution in [0.5, 0.6) is 5.75 Å². The van der Waals surface area contributed by atoms with Crippen molar-refractivity contribution in [2.24, 2.45) is 0 Å². The average Bonchev–Trinajstić information content (AvgIpc) is 2.60. The molecule has 0 saturated carbocycles. The number of hydrogen-bond donors (Lipinski definition) is 0. The van der Waals surface area contributed by atoms with E-state index in [1.54, 1.807) is 48.5 Å². The molecule has 2 aromatic carbocycles. The van der Waals surface area contributed by atoms with Crippen LogP contribution in [-0.2, 0) is 9.47 Å². The fraction of sp³-hybridized carbons (Fsp3) is 0.222. The van der Waals surface area contributed by atoms with E-state index in [0.29, 0.717) is 23.5 Å². The van der Waals surface area contributed by atoms with Crippen molar-refractivity contribution in [2.45, 2.75) is 6.92 Å². The molecule has 2 rings (SSSR count). The summed E-state index contributed by atoms with van der Waals surface area (Å²) in [5.41, 5.74) is 0.809. The van der Waals surface area contributed by atoms with Crippen LogP contribution in [-0.4, -0.2) is 31.8 Å². The van der Waals surface area contributed by atoms with Crippen molar-refractivity contribution in [3.63, 3.8) is 0 Å². The lowest BCUT2D eigenvalue weighted by Crippen LogP contribution is -2.14. The second-order valence-electron chi connectivity index (χ2n) is 4.57. The van der Waals surface area contributed by atoms with Gasteiger partial charge in [-0.1, -0.05) is 30.3 Å². The van der Waals surface area contributed by atoms with Crippen molar-refractivity contribution in [3.8, 4) is 5.75 Å². The second-order valence-corrected chi connectivity index (χ2v) is 4.57. The molecule has 5 heteroatoms. The fourth-order valence-corrected chi connectivity index (χ4v) is 1.92. The summed E-state index contributed by atoms with van der Waals surface area (Å²) in [6.07, 6.45) is 0. The Morgan fingerprint density at radius 3 is 2.13 bits per heavy atom. The van der Waals surface area contributed by atoms with Crippen LogP contribution in [0.15, 0.2) is 54.6 Å². The third-order valence-electron chi connectivity index (χ3n) is 2.97. The lowest BCUT2D eigenvalue weighted by Gasteiger charge is -2.10. The molecular formula is C18H18O5. The second kappa shape index (κ2) is 8.58. The van der Waals surface area contributed by atoms with Gasteiger partial charge in [-0.15, -0.1) is 0 Å². The minimum atomic E-state index is -0.509. The summed E-state index contributed by atoms with van der Waals surface area (Å²) < 4.78 is 15.5. The third kappa shape index (κ3) is 4.85. The van der Waals surface area contributed by atoms with E-state index in [0.717, 1.165) is 0 Å². The Labute approximate surface area is 134 Å². The Kier molecular flexibility index (Phi) is 6.17. The number of carbonyl (C=O) groups is 2. The van der Waals surface area contributed by atoms with E-state index in [4.69, 9.17) is 14.2 Å². The molecule has 0 amide bonds. The molecule has 2 aromatic rings. The highest BCUT2D eigenvalue weighted by Crippen LogP contribution is 2.18. The van der Waals surface area contributed by atoms with E-state index in [9.17, 15) is 9.59 Å². The summed E-state index contributed by atoms with van der Waals surface area (Å²) >= 11 is 0. The lowest BCUT2D eigenvalue weighted by molar-refractivity contribution is 0.0263. The van der Waals surface area contributed by atoms with Gasteiger partial charge < -0.3 is 14.2 Å². The number of ether oxygens (including phenoxy) is 3. The molecule has 0 aromatic heterocycles. The van der Waals surface area contributed by atoms with Gasteiger partial charge in [-0.25, -0.2) is 9.59 Å². The first-order valence-electron chi connectivity index (χ1n) is 7.33. The molecule has 0 fully saturated rings. The van der Waals surface area contributed by atoms with Crippen molar-refractivity contribution in [2.75, 3.05) is 19.8 Å². The van der Waals surface area contributed by atoms with E-state index in [2.05, 4.69) is 0 Å². The molecule has 0 aliphatic heterocycles. The number of esters is 2. The van der Waals surface area contributed by atoms with Gasteiger partial charge in [-0.05, 0) is 31.2 Å². The third-order valence-corrected chi connectivity index (χ3v) is 2.97. The number of para-hydroxylation sites is 1. The highest BCUT2D eigenvalue weighted by atomic mass is 16.6. The maximum atomic E-state index is 12.0. The predicted molar refractivity (Wildman–Crippen MR) is 84.6 cm³/mol. The summed E-state index contributed by atoms with van der Waals surface area (Å²) in [5, 5.41) is 0. The Morgan fingerprint density at radius 2 is 1.43 bits per heavy atom. The minimum absolute atomic E-state index is 0.00370. The van der Waals surface area contributed by atoms with E-state index in [1.807, 2.05) is 13.0 Å². The van der Waals surface area contributed by atoms with Crippen molar-refractivity contribution in [3.05, 3.63) is 65.7 Å². The summed E-state index contributed by atoms with van der Waals surface area (Å²) in [5.74, 6) is -0.484. The topological polar surface area (TPSA) is 61.8 Å². The zero-order valence-corrected chi connectivity index (χ0v) is 12.9. The molecule has 0 aliphatic rings. The molecule has 120 valence electrons. The molecule has 5 nitrogen and oxygen atoms in total. The van der Waals surface area contributed by atoms with Crippen LogP contribution < -0.4 is 4.74 Å². The molecule has 0 heterocycles. The fourth-order valence-electron chi connectivity index (χ4n) is 1.92. The van der Waals surface area contributed by atoms with Crippen molar-refractivity contribution in [1.82, 2.24) is 0 Å². The Balaban J connectivity index is 1.80. The van der Waals surface area contributed by atoms with Gasteiger partial charge >= 0.3 is 11.9 Å². The normalized spacial score (nSPS) is 9.96. The van der Waals surface area contributed by atoms with E-state index >= 15 is 0 Å². The molecule has 0 spiro atoms. The Morgan fingerprint density at radius 1 is 0.826 bits per heavy atom. The van der Waals surface area contributed by atoms with Gasteiger partial charge in [0.2, 0.25) is 0 Å². The number of rotatable bonds is 7. The Bertz CT molecular complexity index is 651. The van der Waals surface area contributed by atoms with Crippen LogP contribution >= 0.6 is 0 Å². The van der Waals surface area contributed by atoms with Crippen molar-refractivity contribution in [1.29, 1.82) is 0 Å². The molecule has 0 saturated heterocycles. The van der Waals surface area contributed by atoms with Crippen LogP contribution in [0, 0.1) is 0 Å². The number of benzene rings is 2.